The largest absolute Gasteiger partial charge is 0.397 e. The second-order valence-electron chi connectivity index (χ2n) is 4.77. The molecule has 1 aliphatic heterocycles. The van der Waals surface area contributed by atoms with Crippen LogP contribution in [0.1, 0.15) is 6.92 Å². The van der Waals surface area contributed by atoms with E-state index in [9.17, 15) is 14.4 Å². The molecule has 0 saturated carbocycles. The number of carbonyl (C=O) groups is 3. The van der Waals surface area contributed by atoms with Gasteiger partial charge >= 0.3 is 0 Å². The third-order valence-corrected chi connectivity index (χ3v) is 3.41. The number of benzene rings is 1. The lowest BCUT2D eigenvalue weighted by Crippen LogP contribution is -2.56. The summed E-state index contributed by atoms with van der Waals surface area (Å²) in [4.78, 5) is 36.3. The third-order valence-electron chi connectivity index (χ3n) is 3.17. The fourth-order valence-electron chi connectivity index (χ4n) is 1.98. The number of piperazine rings is 1. The van der Waals surface area contributed by atoms with E-state index >= 15 is 0 Å². The lowest BCUT2D eigenvalue weighted by molar-refractivity contribution is -0.138. The Morgan fingerprint density at radius 1 is 1.38 bits per heavy atom. The molecule has 1 aromatic carbocycles. The fraction of sp³-hybridized carbons (Fsp3) is 0.308. The van der Waals surface area contributed by atoms with Crippen molar-refractivity contribution in [2.24, 2.45) is 0 Å². The van der Waals surface area contributed by atoms with Gasteiger partial charge in [0.15, 0.2) is 0 Å². The number of carbonyl (C=O) groups excluding carboxylic acids is 3. The number of nitrogens with zero attached hydrogens (tertiary/aromatic N) is 1. The van der Waals surface area contributed by atoms with E-state index in [-0.39, 0.29) is 19.0 Å². The lowest BCUT2D eigenvalue weighted by atomic mass is 10.2. The van der Waals surface area contributed by atoms with E-state index in [0.717, 1.165) is 0 Å². The number of nitrogens with one attached hydrogen (secondary N) is 2. The number of hydrogen-bond donors (Lipinski definition) is 3. The topological polar surface area (TPSA) is 105 Å². The molecular formula is C13H15ClN4O3. The van der Waals surface area contributed by atoms with Gasteiger partial charge in [-0.25, -0.2) is 0 Å². The van der Waals surface area contributed by atoms with Gasteiger partial charge in [0.2, 0.25) is 17.7 Å². The molecule has 8 heteroatoms. The molecule has 4 N–H and O–H groups in total. The highest BCUT2D eigenvalue weighted by molar-refractivity contribution is 6.31. The van der Waals surface area contributed by atoms with Crippen LogP contribution in [0.4, 0.5) is 11.4 Å². The van der Waals surface area contributed by atoms with Crippen molar-refractivity contribution in [1.29, 1.82) is 0 Å². The van der Waals surface area contributed by atoms with E-state index in [2.05, 4.69) is 10.6 Å². The molecule has 0 radical (unpaired) electrons. The fourth-order valence-corrected chi connectivity index (χ4v) is 2.16. The van der Waals surface area contributed by atoms with Gasteiger partial charge < -0.3 is 11.1 Å². The summed E-state index contributed by atoms with van der Waals surface area (Å²) in [5.41, 5.74) is 6.54. The van der Waals surface area contributed by atoms with Crippen LogP contribution in [-0.4, -0.2) is 41.8 Å². The minimum Gasteiger partial charge on any atom is -0.397 e. The molecule has 21 heavy (non-hydrogen) atoms. The third kappa shape index (κ3) is 3.71. The summed E-state index contributed by atoms with van der Waals surface area (Å²) in [7, 11) is 0. The summed E-state index contributed by atoms with van der Waals surface area (Å²) in [6.07, 6.45) is 0. The lowest BCUT2D eigenvalue weighted by Gasteiger charge is -2.30. The van der Waals surface area contributed by atoms with E-state index in [1.54, 1.807) is 19.1 Å². The minimum atomic E-state index is -0.643. The highest BCUT2D eigenvalue weighted by Gasteiger charge is 2.29. The number of anilines is 2. The summed E-state index contributed by atoms with van der Waals surface area (Å²) in [6.45, 7) is 1.61. The molecule has 1 atom stereocenters. The molecule has 1 heterocycles. The van der Waals surface area contributed by atoms with E-state index in [4.69, 9.17) is 17.3 Å². The van der Waals surface area contributed by atoms with Gasteiger partial charge in [0.05, 0.1) is 30.5 Å². The van der Waals surface area contributed by atoms with Crippen LogP contribution < -0.4 is 16.4 Å². The first kappa shape index (κ1) is 15.3. The summed E-state index contributed by atoms with van der Waals surface area (Å²) in [5.74, 6) is -1.19. The number of amides is 3. The van der Waals surface area contributed by atoms with Crippen LogP contribution in [0.2, 0.25) is 5.02 Å². The monoisotopic (exact) mass is 310 g/mol. The molecule has 1 aliphatic rings. The zero-order valence-corrected chi connectivity index (χ0v) is 12.1. The number of nitrogen functional groups attached to an aromatic ring is 1. The number of nitrogens with two attached hydrogens (primary N) is 1. The van der Waals surface area contributed by atoms with Crippen molar-refractivity contribution in [3.05, 3.63) is 23.2 Å². The highest BCUT2D eigenvalue weighted by Crippen LogP contribution is 2.23. The van der Waals surface area contributed by atoms with Crippen molar-refractivity contribution >= 4 is 40.7 Å². The molecule has 1 saturated heterocycles. The minimum absolute atomic E-state index is 0.00354. The van der Waals surface area contributed by atoms with Crippen LogP contribution in [0.5, 0.6) is 0 Å². The van der Waals surface area contributed by atoms with Crippen LogP contribution in [0.15, 0.2) is 18.2 Å². The molecule has 0 spiro atoms. The number of halogens is 1. The molecule has 0 aromatic heterocycles. The molecule has 1 unspecified atom stereocenters. The molecule has 0 aliphatic carbocycles. The van der Waals surface area contributed by atoms with Crippen LogP contribution in [0.3, 0.4) is 0 Å². The quantitative estimate of drug-likeness (QED) is 0.547. The summed E-state index contributed by atoms with van der Waals surface area (Å²) in [5, 5.41) is 5.31. The zero-order valence-electron chi connectivity index (χ0n) is 11.4. The molecular weight excluding hydrogens is 296 g/mol. The van der Waals surface area contributed by atoms with Crippen LogP contribution in [-0.2, 0) is 14.4 Å². The average molecular weight is 311 g/mol. The molecule has 7 nitrogen and oxygen atoms in total. The van der Waals surface area contributed by atoms with Crippen molar-refractivity contribution in [2.75, 3.05) is 24.1 Å². The second kappa shape index (κ2) is 6.11. The first-order valence-corrected chi connectivity index (χ1v) is 6.67. The molecule has 2 rings (SSSR count). The van der Waals surface area contributed by atoms with Gasteiger partial charge in [0.1, 0.15) is 0 Å². The SMILES string of the molecule is CC(C(=O)Nc1ccc(Cl)cc1N)N1CC(=O)NC(=O)C1. The Bertz CT molecular complexity index is 589. The summed E-state index contributed by atoms with van der Waals surface area (Å²) < 4.78 is 0. The van der Waals surface area contributed by atoms with Crippen LogP contribution in [0.25, 0.3) is 0 Å². The first-order valence-electron chi connectivity index (χ1n) is 6.29. The van der Waals surface area contributed by atoms with Gasteiger partial charge in [-0.3, -0.25) is 24.6 Å². The van der Waals surface area contributed by atoms with Gasteiger partial charge in [-0.15, -0.1) is 0 Å². The summed E-state index contributed by atoms with van der Waals surface area (Å²) >= 11 is 5.79. The van der Waals surface area contributed by atoms with Crippen LogP contribution in [0, 0.1) is 0 Å². The Balaban J connectivity index is 2.05. The number of hydrogen-bond acceptors (Lipinski definition) is 5. The van der Waals surface area contributed by atoms with Crippen molar-refractivity contribution in [3.8, 4) is 0 Å². The highest BCUT2D eigenvalue weighted by atomic mass is 35.5. The van der Waals surface area contributed by atoms with E-state index in [1.165, 1.54) is 11.0 Å². The van der Waals surface area contributed by atoms with Gasteiger partial charge in [-0.2, -0.15) is 0 Å². The van der Waals surface area contributed by atoms with Crippen molar-refractivity contribution in [3.63, 3.8) is 0 Å². The number of imide groups is 1. The zero-order chi connectivity index (χ0) is 15.6. The summed E-state index contributed by atoms with van der Waals surface area (Å²) in [6, 6.07) is 4.08. The Labute approximate surface area is 126 Å². The van der Waals surface area contributed by atoms with Crippen LogP contribution >= 0.6 is 11.6 Å². The Morgan fingerprint density at radius 2 is 2.00 bits per heavy atom. The predicted octanol–water partition coefficient (Wildman–Crippen LogP) is 0.208. The molecule has 3 amide bonds. The van der Waals surface area contributed by atoms with E-state index < -0.39 is 17.9 Å². The molecule has 0 bridgehead atoms. The maximum absolute atomic E-state index is 12.2. The second-order valence-corrected chi connectivity index (χ2v) is 5.21. The Morgan fingerprint density at radius 3 is 2.57 bits per heavy atom. The van der Waals surface area contributed by atoms with Gasteiger partial charge in [0.25, 0.3) is 0 Å². The van der Waals surface area contributed by atoms with Crippen molar-refractivity contribution in [2.45, 2.75) is 13.0 Å². The standard InChI is InChI=1S/C13H15ClN4O3/c1-7(18-5-11(19)17-12(20)6-18)13(21)16-10-3-2-8(14)4-9(10)15/h2-4,7H,5-6,15H2,1H3,(H,16,21)(H,17,19,20). The van der Waals surface area contributed by atoms with E-state index in [1.807, 2.05) is 0 Å². The normalized spacial score (nSPS) is 17.2. The Kier molecular flexibility index (Phi) is 4.44. The smallest absolute Gasteiger partial charge is 0.241 e. The maximum Gasteiger partial charge on any atom is 0.241 e. The van der Waals surface area contributed by atoms with E-state index in [0.29, 0.717) is 16.4 Å². The Hall–Kier alpha value is -2.12. The number of rotatable bonds is 3. The first-order chi connectivity index (χ1) is 9.86. The molecule has 1 fully saturated rings. The van der Waals surface area contributed by atoms with Gasteiger partial charge in [-0.1, -0.05) is 11.6 Å². The predicted molar refractivity (Wildman–Crippen MR) is 78.7 cm³/mol. The van der Waals surface area contributed by atoms with Crippen molar-refractivity contribution in [1.82, 2.24) is 10.2 Å². The van der Waals surface area contributed by atoms with Gasteiger partial charge in [0, 0.05) is 5.02 Å². The maximum atomic E-state index is 12.2. The van der Waals surface area contributed by atoms with Gasteiger partial charge in [-0.05, 0) is 25.1 Å². The molecule has 112 valence electrons. The molecule has 1 aromatic rings. The average Bonchev–Trinajstić information content (AvgIpc) is 2.40. The van der Waals surface area contributed by atoms with Crippen molar-refractivity contribution < 1.29 is 14.4 Å².